The molecular weight excluding hydrogens is 539 g/mol. The van der Waals surface area contributed by atoms with Crippen molar-refractivity contribution in [3.8, 4) is 11.1 Å². The maximum Gasteiger partial charge on any atom is 0.338 e. The minimum absolute atomic E-state index is 0. The molecule has 5 aromatic rings. The largest absolute Gasteiger partial charge is 1.00 e. The van der Waals surface area contributed by atoms with E-state index in [0.29, 0.717) is 5.56 Å². The van der Waals surface area contributed by atoms with Gasteiger partial charge in [0.1, 0.15) is 23.2 Å². The number of carbonyl (C=O) groups excluding carboxylic acids is 1. The van der Waals surface area contributed by atoms with E-state index in [4.69, 9.17) is 4.74 Å². The molecular formula is C33H28BrO2P. The van der Waals surface area contributed by atoms with Gasteiger partial charge in [-0.05, 0) is 65.2 Å². The molecule has 0 atom stereocenters. The molecule has 4 heteroatoms. The quantitative estimate of drug-likeness (QED) is 0.222. The van der Waals surface area contributed by atoms with Gasteiger partial charge in [-0.3, -0.25) is 0 Å². The summed E-state index contributed by atoms with van der Waals surface area (Å²) in [5.41, 5.74) is 3.66. The summed E-state index contributed by atoms with van der Waals surface area (Å²) in [5, 5.41) is 4.00. The van der Waals surface area contributed by atoms with Crippen LogP contribution < -0.4 is 32.9 Å². The molecule has 0 heterocycles. The summed E-state index contributed by atoms with van der Waals surface area (Å²) in [7, 11) is -0.616. The van der Waals surface area contributed by atoms with Gasteiger partial charge < -0.3 is 21.7 Å². The van der Waals surface area contributed by atoms with Gasteiger partial charge in [-0.1, -0.05) is 91.0 Å². The normalized spacial score (nSPS) is 10.8. The summed E-state index contributed by atoms with van der Waals surface area (Å²) in [6, 6.07) is 48.8. The van der Waals surface area contributed by atoms with E-state index in [1.807, 2.05) is 36.4 Å². The summed E-state index contributed by atoms with van der Waals surface area (Å²) in [6.45, 7) is 0. The van der Waals surface area contributed by atoms with E-state index in [0.717, 1.165) is 17.3 Å². The third-order valence-electron chi connectivity index (χ3n) is 6.58. The van der Waals surface area contributed by atoms with Gasteiger partial charge >= 0.3 is 5.97 Å². The summed E-state index contributed by atoms with van der Waals surface area (Å²) < 4.78 is 5.12. The highest BCUT2D eigenvalue weighted by atomic mass is 79.9. The minimum atomic E-state index is -2.05. The Bertz CT molecular complexity index is 1340. The van der Waals surface area contributed by atoms with Crippen LogP contribution in [0, 0.1) is 0 Å². The van der Waals surface area contributed by atoms with Crippen LogP contribution in [0.2, 0.25) is 0 Å². The summed E-state index contributed by atoms with van der Waals surface area (Å²) in [6.07, 6.45) is 0.840. The Labute approximate surface area is 230 Å². The highest BCUT2D eigenvalue weighted by molar-refractivity contribution is 7.95. The number of hydrogen-bond donors (Lipinski definition) is 0. The number of rotatable bonds is 7. The molecule has 5 rings (SSSR count). The van der Waals surface area contributed by atoms with Crippen molar-refractivity contribution < 1.29 is 26.5 Å². The Morgan fingerprint density at radius 2 is 1.05 bits per heavy atom. The lowest BCUT2D eigenvalue weighted by atomic mass is 9.97. The predicted molar refractivity (Wildman–Crippen MR) is 152 cm³/mol. The van der Waals surface area contributed by atoms with Gasteiger partial charge in [0.25, 0.3) is 0 Å². The van der Waals surface area contributed by atoms with Crippen molar-refractivity contribution in [3.05, 3.63) is 151 Å². The minimum Gasteiger partial charge on any atom is -1.00 e. The van der Waals surface area contributed by atoms with Crippen LogP contribution >= 0.6 is 7.26 Å². The number of carbonyl (C=O) groups is 1. The third-order valence-corrected chi connectivity index (χ3v) is 11.0. The van der Waals surface area contributed by atoms with E-state index < -0.39 is 7.26 Å². The number of esters is 1. The molecule has 0 saturated carbocycles. The fourth-order valence-electron chi connectivity index (χ4n) is 4.88. The average molecular weight is 567 g/mol. The lowest BCUT2D eigenvalue weighted by Gasteiger charge is -2.28. The van der Waals surface area contributed by atoms with Gasteiger partial charge in [0.15, 0.2) is 0 Å². The first-order valence-electron chi connectivity index (χ1n) is 12.0. The molecule has 0 fully saturated rings. The van der Waals surface area contributed by atoms with Crippen LogP contribution in [0.25, 0.3) is 11.1 Å². The van der Waals surface area contributed by atoms with Crippen molar-refractivity contribution in [1.82, 2.24) is 0 Å². The lowest BCUT2D eigenvalue weighted by molar-refractivity contribution is -0.0000216. The Balaban J connectivity index is 0.00000320. The van der Waals surface area contributed by atoms with Crippen molar-refractivity contribution in [3.63, 3.8) is 0 Å². The maximum absolute atomic E-state index is 12.7. The Morgan fingerprint density at radius 3 is 1.49 bits per heavy atom. The second-order valence-electron chi connectivity index (χ2n) is 8.71. The van der Waals surface area contributed by atoms with Gasteiger partial charge in [-0.2, -0.15) is 0 Å². The zero-order chi connectivity index (χ0) is 24.8. The number of hydrogen-bond acceptors (Lipinski definition) is 2. The summed E-state index contributed by atoms with van der Waals surface area (Å²) in [5.74, 6) is -0.323. The molecule has 0 N–H and O–H groups in total. The molecule has 0 spiro atoms. The lowest BCUT2D eigenvalue weighted by Crippen LogP contribution is -3.00. The predicted octanol–water partition coefficient (Wildman–Crippen LogP) is 3.64. The molecule has 0 amide bonds. The Kier molecular flexibility index (Phi) is 8.71. The van der Waals surface area contributed by atoms with Crippen LogP contribution in [0.1, 0.15) is 15.9 Å². The molecule has 0 aliphatic rings. The zero-order valence-corrected chi connectivity index (χ0v) is 23.1. The average Bonchev–Trinajstić information content (AvgIpc) is 2.97. The van der Waals surface area contributed by atoms with Gasteiger partial charge in [-0.15, -0.1) is 0 Å². The molecule has 0 aromatic heterocycles. The van der Waals surface area contributed by atoms with Crippen LogP contribution in [0.15, 0.2) is 140 Å². The van der Waals surface area contributed by atoms with Crippen LogP contribution in [-0.2, 0) is 10.9 Å². The van der Waals surface area contributed by atoms with Crippen LogP contribution in [0.5, 0.6) is 0 Å². The van der Waals surface area contributed by atoms with Crippen molar-refractivity contribution in [2.75, 3.05) is 7.11 Å². The van der Waals surface area contributed by atoms with E-state index in [9.17, 15) is 4.79 Å². The van der Waals surface area contributed by atoms with Crippen molar-refractivity contribution in [1.29, 1.82) is 0 Å². The topological polar surface area (TPSA) is 26.3 Å². The summed E-state index contributed by atoms with van der Waals surface area (Å²) in [4.78, 5) is 12.7. The van der Waals surface area contributed by atoms with Crippen molar-refractivity contribution in [2.45, 2.75) is 6.16 Å². The molecule has 0 radical (unpaired) electrons. The van der Waals surface area contributed by atoms with Gasteiger partial charge in [0.05, 0.1) is 18.8 Å². The number of ether oxygens (including phenoxy) is 1. The molecule has 0 aliphatic carbocycles. The van der Waals surface area contributed by atoms with Gasteiger partial charge in [0.2, 0.25) is 0 Å². The SMILES string of the molecule is COC(=O)c1ccc(C[P+](c2ccccc2)(c2ccccc2)c2ccccc2)cc1-c1ccccc1.[Br-]. The number of benzene rings is 5. The molecule has 5 aromatic carbocycles. The van der Waals surface area contributed by atoms with Gasteiger partial charge in [-0.25, -0.2) is 4.79 Å². The molecule has 2 nitrogen and oxygen atoms in total. The van der Waals surface area contributed by atoms with E-state index >= 15 is 0 Å². The first kappa shape index (κ1) is 26.5. The molecule has 0 unspecified atom stereocenters. The van der Waals surface area contributed by atoms with Crippen LogP contribution in [-0.4, -0.2) is 13.1 Å². The van der Waals surface area contributed by atoms with Crippen molar-refractivity contribution in [2.24, 2.45) is 0 Å². The first-order valence-corrected chi connectivity index (χ1v) is 14.0. The van der Waals surface area contributed by atoms with E-state index in [1.165, 1.54) is 28.6 Å². The zero-order valence-electron chi connectivity index (χ0n) is 20.6. The van der Waals surface area contributed by atoms with Gasteiger partial charge in [0, 0.05) is 0 Å². The highest BCUT2D eigenvalue weighted by Crippen LogP contribution is 2.58. The fourth-order valence-corrected chi connectivity index (χ4v) is 9.11. The maximum atomic E-state index is 12.7. The van der Waals surface area contributed by atoms with Crippen molar-refractivity contribution >= 4 is 29.1 Å². The second kappa shape index (κ2) is 12.1. The highest BCUT2D eigenvalue weighted by Gasteiger charge is 2.45. The standard InChI is InChI=1S/C33H28O2P.BrH/c1-35-33(34)31-23-22-26(24-32(31)27-14-6-2-7-15-27)25-36(28-16-8-3-9-17-28,29-18-10-4-11-19-29)30-20-12-5-13-21-30;/h2-24H,25H2,1H3;1H/q+1;/p-1. The van der Waals surface area contributed by atoms with E-state index in [2.05, 4.69) is 103 Å². The summed E-state index contributed by atoms with van der Waals surface area (Å²) >= 11 is 0. The molecule has 184 valence electrons. The third kappa shape index (κ3) is 5.44. The second-order valence-corrected chi connectivity index (χ2v) is 12.2. The first-order chi connectivity index (χ1) is 17.7. The Morgan fingerprint density at radius 1 is 0.622 bits per heavy atom. The molecule has 0 bridgehead atoms. The molecule has 37 heavy (non-hydrogen) atoms. The number of halogens is 1. The molecule has 0 saturated heterocycles. The number of methoxy groups -OCH3 is 1. The van der Waals surface area contributed by atoms with Crippen LogP contribution in [0.4, 0.5) is 0 Å². The van der Waals surface area contributed by atoms with E-state index in [1.54, 1.807) is 0 Å². The van der Waals surface area contributed by atoms with E-state index in [-0.39, 0.29) is 23.0 Å². The fraction of sp³-hybridized carbons (Fsp3) is 0.0606. The monoisotopic (exact) mass is 566 g/mol. The smallest absolute Gasteiger partial charge is 0.338 e. The van der Waals surface area contributed by atoms with Crippen LogP contribution in [0.3, 0.4) is 0 Å². The molecule has 0 aliphatic heterocycles. The Hall–Kier alpha value is -3.52.